The second kappa shape index (κ2) is 6.37. The lowest BCUT2D eigenvalue weighted by atomic mass is 10.0. The Morgan fingerprint density at radius 1 is 1.16 bits per heavy atom. The fraction of sp³-hybridized carbons (Fsp3) is 0.600. The van der Waals surface area contributed by atoms with Crippen molar-refractivity contribution in [3.8, 4) is 5.75 Å². The van der Waals surface area contributed by atoms with Crippen LogP contribution in [0.5, 0.6) is 5.75 Å². The van der Waals surface area contributed by atoms with Gasteiger partial charge in [-0.05, 0) is 36.5 Å². The average Bonchev–Trinajstić information content (AvgIpc) is 2.49. The molecule has 1 heterocycles. The first-order valence-corrected chi connectivity index (χ1v) is 6.63. The van der Waals surface area contributed by atoms with E-state index in [1.807, 2.05) is 0 Å². The third-order valence-electron chi connectivity index (χ3n) is 3.63. The van der Waals surface area contributed by atoms with E-state index in [4.69, 9.17) is 18.9 Å². The van der Waals surface area contributed by atoms with Crippen LogP contribution in [0.1, 0.15) is 24.0 Å². The molecular weight excluding hydrogens is 244 g/mol. The van der Waals surface area contributed by atoms with Crippen LogP contribution in [-0.4, -0.2) is 33.9 Å². The van der Waals surface area contributed by atoms with E-state index in [0.717, 1.165) is 31.6 Å². The quantitative estimate of drug-likeness (QED) is 0.741. The lowest BCUT2D eigenvalue weighted by molar-refractivity contribution is -0.354. The van der Waals surface area contributed by atoms with E-state index >= 15 is 0 Å². The van der Waals surface area contributed by atoms with Gasteiger partial charge in [-0.1, -0.05) is 12.1 Å². The van der Waals surface area contributed by atoms with Gasteiger partial charge in [-0.3, -0.25) is 0 Å². The summed E-state index contributed by atoms with van der Waals surface area (Å²) in [5.41, 5.74) is 2.54. The molecule has 4 heteroatoms. The first-order chi connectivity index (χ1) is 9.23. The van der Waals surface area contributed by atoms with E-state index < -0.39 is 5.97 Å². The normalized spacial score (nSPS) is 14.9. The number of hydrogen-bond donors (Lipinski definition) is 0. The van der Waals surface area contributed by atoms with Crippen molar-refractivity contribution < 1.29 is 18.9 Å². The Hall–Kier alpha value is -1.10. The molecule has 0 N–H and O–H groups in total. The van der Waals surface area contributed by atoms with E-state index in [1.165, 1.54) is 11.1 Å². The molecule has 19 heavy (non-hydrogen) atoms. The Labute approximate surface area is 114 Å². The summed E-state index contributed by atoms with van der Waals surface area (Å²) in [6.07, 6.45) is 3.67. The summed E-state index contributed by atoms with van der Waals surface area (Å²) in [4.78, 5) is 0. The number of ether oxygens (including phenoxy) is 4. The maximum Gasteiger partial charge on any atom is 0.282 e. The second-order valence-electron chi connectivity index (χ2n) is 4.69. The molecule has 1 aliphatic heterocycles. The Morgan fingerprint density at radius 2 is 1.89 bits per heavy atom. The maximum atomic E-state index is 5.61. The molecule has 0 spiro atoms. The van der Waals surface area contributed by atoms with Crippen molar-refractivity contribution in [2.24, 2.45) is 0 Å². The fourth-order valence-corrected chi connectivity index (χ4v) is 2.42. The van der Waals surface area contributed by atoms with Crippen LogP contribution >= 0.6 is 0 Å². The molecule has 2 rings (SSSR count). The van der Waals surface area contributed by atoms with E-state index in [9.17, 15) is 0 Å². The van der Waals surface area contributed by atoms with E-state index in [-0.39, 0.29) is 0 Å². The van der Waals surface area contributed by atoms with Crippen LogP contribution in [0.15, 0.2) is 18.2 Å². The zero-order valence-electron chi connectivity index (χ0n) is 11.9. The number of rotatable bonds is 6. The highest BCUT2D eigenvalue weighted by Crippen LogP contribution is 2.27. The summed E-state index contributed by atoms with van der Waals surface area (Å²) in [5.74, 6) is 0.0679. The SMILES string of the molecule is COC(CCc1ccc2c(c1)CCCO2)(OC)OC. The minimum absolute atomic E-state index is 0.649. The fourth-order valence-electron chi connectivity index (χ4n) is 2.42. The van der Waals surface area contributed by atoms with Crippen LogP contribution in [0, 0.1) is 0 Å². The monoisotopic (exact) mass is 266 g/mol. The minimum atomic E-state index is -0.952. The molecular formula is C15H22O4. The largest absolute Gasteiger partial charge is 0.493 e. The molecule has 0 aromatic heterocycles. The van der Waals surface area contributed by atoms with Crippen molar-refractivity contribution >= 4 is 0 Å². The Kier molecular flexibility index (Phi) is 4.80. The highest BCUT2D eigenvalue weighted by molar-refractivity contribution is 5.38. The van der Waals surface area contributed by atoms with Gasteiger partial charge in [-0.15, -0.1) is 0 Å². The summed E-state index contributed by atoms with van der Waals surface area (Å²) in [6, 6.07) is 6.36. The van der Waals surface area contributed by atoms with Crippen LogP contribution in [0.2, 0.25) is 0 Å². The van der Waals surface area contributed by atoms with E-state index in [1.54, 1.807) is 21.3 Å². The lowest BCUT2D eigenvalue weighted by Crippen LogP contribution is -2.36. The predicted octanol–water partition coefficient (Wildman–Crippen LogP) is 2.54. The topological polar surface area (TPSA) is 36.9 Å². The van der Waals surface area contributed by atoms with Crippen LogP contribution in [0.3, 0.4) is 0 Å². The van der Waals surface area contributed by atoms with Crippen molar-refractivity contribution in [3.63, 3.8) is 0 Å². The molecule has 106 valence electrons. The highest BCUT2D eigenvalue weighted by atomic mass is 16.9. The number of aryl methyl sites for hydroxylation is 2. The van der Waals surface area contributed by atoms with E-state index in [0.29, 0.717) is 6.42 Å². The van der Waals surface area contributed by atoms with Gasteiger partial charge >= 0.3 is 0 Å². The van der Waals surface area contributed by atoms with Gasteiger partial charge in [0.2, 0.25) is 0 Å². The Morgan fingerprint density at radius 3 is 2.58 bits per heavy atom. The van der Waals surface area contributed by atoms with Crippen LogP contribution in [-0.2, 0) is 27.1 Å². The molecule has 0 aliphatic carbocycles. The molecule has 0 saturated heterocycles. The maximum absolute atomic E-state index is 5.61. The number of hydrogen-bond acceptors (Lipinski definition) is 4. The van der Waals surface area contributed by atoms with Gasteiger partial charge < -0.3 is 18.9 Å². The molecule has 4 nitrogen and oxygen atoms in total. The lowest BCUT2D eigenvalue weighted by Gasteiger charge is -2.28. The second-order valence-corrected chi connectivity index (χ2v) is 4.69. The molecule has 0 amide bonds. The number of fused-ring (bicyclic) bond motifs is 1. The Bertz CT molecular complexity index is 404. The predicted molar refractivity (Wildman–Crippen MR) is 72.3 cm³/mol. The molecule has 1 aromatic carbocycles. The molecule has 1 aliphatic rings. The van der Waals surface area contributed by atoms with Gasteiger partial charge in [0.1, 0.15) is 5.75 Å². The van der Waals surface area contributed by atoms with Crippen LogP contribution in [0.4, 0.5) is 0 Å². The van der Waals surface area contributed by atoms with Crippen molar-refractivity contribution in [2.75, 3.05) is 27.9 Å². The van der Waals surface area contributed by atoms with Crippen molar-refractivity contribution in [3.05, 3.63) is 29.3 Å². The first kappa shape index (κ1) is 14.3. The highest BCUT2D eigenvalue weighted by Gasteiger charge is 2.29. The van der Waals surface area contributed by atoms with Crippen molar-refractivity contribution in [2.45, 2.75) is 31.7 Å². The zero-order valence-corrected chi connectivity index (χ0v) is 11.9. The van der Waals surface area contributed by atoms with Gasteiger partial charge in [0.15, 0.2) is 0 Å². The van der Waals surface area contributed by atoms with Gasteiger partial charge in [-0.2, -0.15) is 0 Å². The summed E-state index contributed by atoms with van der Waals surface area (Å²) < 4.78 is 21.5. The van der Waals surface area contributed by atoms with Crippen molar-refractivity contribution in [1.29, 1.82) is 0 Å². The third-order valence-corrected chi connectivity index (χ3v) is 3.63. The molecule has 0 unspecified atom stereocenters. The summed E-state index contributed by atoms with van der Waals surface area (Å²) in [5, 5.41) is 0. The molecule has 0 fully saturated rings. The van der Waals surface area contributed by atoms with Crippen LogP contribution < -0.4 is 4.74 Å². The first-order valence-electron chi connectivity index (χ1n) is 6.63. The number of methoxy groups -OCH3 is 3. The minimum Gasteiger partial charge on any atom is -0.493 e. The zero-order chi connectivity index (χ0) is 13.7. The summed E-state index contributed by atoms with van der Waals surface area (Å²) >= 11 is 0. The van der Waals surface area contributed by atoms with Gasteiger partial charge in [0.05, 0.1) is 6.61 Å². The van der Waals surface area contributed by atoms with Gasteiger partial charge in [0, 0.05) is 27.8 Å². The molecule has 0 saturated carbocycles. The van der Waals surface area contributed by atoms with Gasteiger partial charge in [0.25, 0.3) is 5.97 Å². The average molecular weight is 266 g/mol. The smallest absolute Gasteiger partial charge is 0.282 e. The van der Waals surface area contributed by atoms with Crippen molar-refractivity contribution in [1.82, 2.24) is 0 Å². The standard InChI is InChI=1S/C15H22O4/c1-16-15(17-2,18-3)9-8-12-6-7-14-13(11-12)5-4-10-19-14/h6-7,11H,4-5,8-10H2,1-3H3. The van der Waals surface area contributed by atoms with E-state index in [2.05, 4.69) is 18.2 Å². The Balaban J connectivity index is 2.03. The van der Waals surface area contributed by atoms with Gasteiger partial charge in [-0.25, -0.2) is 0 Å². The molecule has 1 aromatic rings. The molecule has 0 radical (unpaired) electrons. The van der Waals surface area contributed by atoms with Crippen LogP contribution in [0.25, 0.3) is 0 Å². The number of benzene rings is 1. The molecule has 0 atom stereocenters. The summed E-state index contributed by atoms with van der Waals surface area (Å²) in [6.45, 7) is 0.826. The third kappa shape index (κ3) is 3.26. The molecule has 0 bridgehead atoms. The summed E-state index contributed by atoms with van der Waals surface area (Å²) in [7, 11) is 4.77.